The maximum atomic E-state index is 12.4. The molecule has 1 aromatic heterocycles. The third-order valence-corrected chi connectivity index (χ3v) is 5.01. The van der Waals surface area contributed by atoms with Gasteiger partial charge in [-0.2, -0.15) is 4.98 Å². The second kappa shape index (κ2) is 7.09. The summed E-state index contributed by atoms with van der Waals surface area (Å²) >= 11 is 12.1. The zero-order valence-electron chi connectivity index (χ0n) is 13.7. The van der Waals surface area contributed by atoms with Crippen molar-refractivity contribution in [1.29, 1.82) is 0 Å². The second-order valence-electron chi connectivity index (χ2n) is 6.23. The number of nitrogens with zero attached hydrogens (tertiary/aromatic N) is 3. The lowest BCUT2D eigenvalue weighted by Crippen LogP contribution is -2.49. The molecule has 2 aromatic carbocycles. The van der Waals surface area contributed by atoms with Gasteiger partial charge in [-0.3, -0.25) is 4.79 Å². The van der Waals surface area contributed by atoms with Gasteiger partial charge in [0.2, 0.25) is 17.6 Å². The fraction of sp³-hybridized carbons (Fsp3) is 0.211. The van der Waals surface area contributed by atoms with Gasteiger partial charge in [0.15, 0.2) is 0 Å². The zero-order chi connectivity index (χ0) is 18.1. The van der Waals surface area contributed by atoms with Crippen LogP contribution < -0.4 is 0 Å². The Morgan fingerprint density at radius 1 is 1.15 bits per heavy atom. The first-order valence-corrected chi connectivity index (χ1v) is 8.96. The molecule has 2 heterocycles. The Labute approximate surface area is 160 Å². The Hall–Kier alpha value is -2.37. The minimum absolute atomic E-state index is 0.0453. The van der Waals surface area contributed by atoms with E-state index in [2.05, 4.69) is 10.1 Å². The number of aromatic nitrogens is 2. The molecule has 1 aliphatic heterocycles. The molecule has 3 aromatic rings. The molecule has 0 saturated carbocycles. The standard InChI is InChI=1S/C19H15Cl2N3O2/c20-15-6-3-5-13(8-15)18-22-19(26-23-18)14-10-24(11-14)17(25)9-12-4-1-2-7-16(12)21/h1-8,14H,9-11H2. The van der Waals surface area contributed by atoms with Crippen molar-refractivity contribution in [2.24, 2.45) is 0 Å². The number of hydrogen-bond acceptors (Lipinski definition) is 4. The number of benzene rings is 2. The van der Waals surface area contributed by atoms with E-state index in [1.165, 1.54) is 0 Å². The SMILES string of the molecule is O=C(Cc1ccccc1Cl)N1CC(c2nc(-c3cccc(Cl)c3)no2)C1. The predicted molar refractivity (Wildman–Crippen MR) is 99.2 cm³/mol. The van der Waals surface area contributed by atoms with Crippen LogP contribution in [0, 0.1) is 0 Å². The van der Waals surface area contributed by atoms with E-state index in [-0.39, 0.29) is 11.8 Å². The van der Waals surface area contributed by atoms with Crippen LogP contribution in [0.25, 0.3) is 11.4 Å². The predicted octanol–water partition coefficient (Wildman–Crippen LogP) is 4.21. The quantitative estimate of drug-likeness (QED) is 0.672. The summed E-state index contributed by atoms with van der Waals surface area (Å²) in [4.78, 5) is 18.6. The summed E-state index contributed by atoms with van der Waals surface area (Å²) in [6, 6.07) is 14.7. The van der Waals surface area contributed by atoms with Crippen molar-refractivity contribution < 1.29 is 9.32 Å². The van der Waals surface area contributed by atoms with Crippen molar-refractivity contribution in [3.8, 4) is 11.4 Å². The lowest BCUT2D eigenvalue weighted by atomic mass is 9.98. The maximum absolute atomic E-state index is 12.4. The monoisotopic (exact) mass is 387 g/mol. The van der Waals surface area contributed by atoms with E-state index in [9.17, 15) is 4.79 Å². The van der Waals surface area contributed by atoms with Crippen LogP contribution in [-0.2, 0) is 11.2 Å². The highest BCUT2D eigenvalue weighted by atomic mass is 35.5. The second-order valence-corrected chi connectivity index (χ2v) is 7.07. The number of hydrogen-bond donors (Lipinski definition) is 0. The highest BCUT2D eigenvalue weighted by molar-refractivity contribution is 6.31. The van der Waals surface area contributed by atoms with Gasteiger partial charge in [-0.1, -0.05) is 58.7 Å². The Balaban J connectivity index is 1.38. The van der Waals surface area contributed by atoms with E-state index in [1.54, 1.807) is 23.1 Å². The van der Waals surface area contributed by atoms with Crippen LogP contribution in [0.5, 0.6) is 0 Å². The van der Waals surface area contributed by atoms with Gasteiger partial charge < -0.3 is 9.42 Å². The number of likely N-dealkylation sites (tertiary alicyclic amines) is 1. The molecule has 1 saturated heterocycles. The van der Waals surface area contributed by atoms with Crippen LogP contribution in [0.4, 0.5) is 0 Å². The summed E-state index contributed by atoms with van der Waals surface area (Å²) in [6.45, 7) is 1.14. The average molecular weight is 388 g/mol. The summed E-state index contributed by atoms with van der Waals surface area (Å²) in [5.41, 5.74) is 1.64. The number of carbonyl (C=O) groups is 1. The van der Waals surface area contributed by atoms with E-state index in [0.29, 0.717) is 41.3 Å². The van der Waals surface area contributed by atoms with Crippen molar-refractivity contribution in [3.05, 3.63) is 70.0 Å². The summed E-state index contributed by atoms with van der Waals surface area (Å²) in [6.07, 6.45) is 0.296. The topological polar surface area (TPSA) is 59.2 Å². The summed E-state index contributed by atoms with van der Waals surface area (Å²) in [5.74, 6) is 1.15. The molecule has 0 spiro atoms. The molecule has 0 atom stereocenters. The zero-order valence-corrected chi connectivity index (χ0v) is 15.2. The van der Waals surface area contributed by atoms with Crippen LogP contribution in [0.15, 0.2) is 53.1 Å². The molecule has 0 N–H and O–H groups in total. The maximum Gasteiger partial charge on any atom is 0.233 e. The summed E-state index contributed by atoms with van der Waals surface area (Å²) in [7, 11) is 0. The van der Waals surface area contributed by atoms with E-state index >= 15 is 0 Å². The summed E-state index contributed by atoms with van der Waals surface area (Å²) < 4.78 is 5.37. The number of halogens is 2. The fourth-order valence-electron chi connectivity index (χ4n) is 2.90. The van der Waals surface area contributed by atoms with Crippen LogP contribution in [0.2, 0.25) is 10.0 Å². The normalized spacial score (nSPS) is 14.3. The van der Waals surface area contributed by atoms with Gasteiger partial charge >= 0.3 is 0 Å². The molecule has 1 amide bonds. The molecule has 0 unspecified atom stereocenters. The smallest absolute Gasteiger partial charge is 0.233 e. The number of amides is 1. The molecule has 1 aliphatic rings. The number of rotatable bonds is 4. The largest absolute Gasteiger partial charge is 0.341 e. The van der Waals surface area contributed by atoms with Gasteiger partial charge in [-0.15, -0.1) is 0 Å². The third-order valence-electron chi connectivity index (χ3n) is 4.41. The van der Waals surface area contributed by atoms with E-state index in [4.69, 9.17) is 27.7 Å². The molecule has 0 bridgehead atoms. The molecule has 4 rings (SSSR count). The van der Waals surface area contributed by atoms with Gasteiger partial charge in [0.1, 0.15) is 0 Å². The van der Waals surface area contributed by atoms with Gasteiger partial charge in [-0.25, -0.2) is 0 Å². The average Bonchev–Trinajstić information content (AvgIpc) is 3.05. The molecule has 0 aliphatic carbocycles. The van der Waals surface area contributed by atoms with E-state index in [0.717, 1.165) is 11.1 Å². The minimum Gasteiger partial charge on any atom is -0.341 e. The van der Waals surface area contributed by atoms with Crippen molar-refractivity contribution in [2.75, 3.05) is 13.1 Å². The fourth-order valence-corrected chi connectivity index (χ4v) is 3.29. The Morgan fingerprint density at radius 3 is 2.73 bits per heavy atom. The molecule has 5 nitrogen and oxygen atoms in total. The van der Waals surface area contributed by atoms with Gasteiger partial charge in [0.05, 0.1) is 12.3 Å². The van der Waals surface area contributed by atoms with E-state index in [1.807, 2.05) is 30.3 Å². The van der Waals surface area contributed by atoms with Crippen molar-refractivity contribution >= 4 is 29.1 Å². The molecular formula is C19H15Cl2N3O2. The van der Waals surface area contributed by atoms with Gasteiger partial charge in [0.25, 0.3) is 0 Å². The first-order valence-electron chi connectivity index (χ1n) is 8.21. The Bertz CT molecular complexity index is 951. The summed E-state index contributed by atoms with van der Waals surface area (Å²) in [5, 5.41) is 5.25. The van der Waals surface area contributed by atoms with Crippen LogP contribution in [-0.4, -0.2) is 34.0 Å². The van der Waals surface area contributed by atoms with E-state index < -0.39 is 0 Å². The molecule has 26 heavy (non-hydrogen) atoms. The van der Waals surface area contributed by atoms with Crippen molar-refractivity contribution in [1.82, 2.24) is 15.0 Å². The molecule has 132 valence electrons. The first kappa shape index (κ1) is 17.1. The van der Waals surface area contributed by atoms with Crippen LogP contribution in [0.3, 0.4) is 0 Å². The lowest BCUT2D eigenvalue weighted by Gasteiger charge is -2.37. The van der Waals surface area contributed by atoms with Crippen molar-refractivity contribution in [2.45, 2.75) is 12.3 Å². The number of carbonyl (C=O) groups excluding carboxylic acids is 1. The molecular weight excluding hydrogens is 373 g/mol. The lowest BCUT2D eigenvalue weighted by molar-refractivity contribution is -0.135. The van der Waals surface area contributed by atoms with Gasteiger partial charge in [-0.05, 0) is 23.8 Å². The first-order chi connectivity index (χ1) is 12.6. The minimum atomic E-state index is 0.0453. The van der Waals surface area contributed by atoms with Gasteiger partial charge in [0, 0.05) is 28.7 Å². The van der Waals surface area contributed by atoms with Crippen LogP contribution >= 0.6 is 23.2 Å². The Morgan fingerprint density at radius 2 is 1.96 bits per heavy atom. The molecule has 0 radical (unpaired) electrons. The molecule has 7 heteroatoms. The highest BCUT2D eigenvalue weighted by Gasteiger charge is 2.35. The highest BCUT2D eigenvalue weighted by Crippen LogP contribution is 2.29. The Kier molecular flexibility index (Phi) is 4.66. The van der Waals surface area contributed by atoms with Crippen LogP contribution in [0.1, 0.15) is 17.4 Å². The third kappa shape index (κ3) is 3.45. The van der Waals surface area contributed by atoms with Crippen molar-refractivity contribution in [3.63, 3.8) is 0 Å². The molecule has 1 fully saturated rings.